The molecule has 0 aliphatic carbocycles. The largest absolute Gasteiger partial charge is 0.493 e. The first kappa shape index (κ1) is 24.8. The molecule has 3 aromatic rings. The molecule has 0 atom stereocenters. The second kappa shape index (κ2) is 10.1. The van der Waals surface area contributed by atoms with Gasteiger partial charge in [-0.2, -0.15) is 9.40 Å². The van der Waals surface area contributed by atoms with E-state index in [2.05, 4.69) is 26.9 Å². The van der Waals surface area contributed by atoms with Gasteiger partial charge in [0.2, 0.25) is 10.0 Å². The molecule has 9 nitrogen and oxygen atoms in total. The summed E-state index contributed by atoms with van der Waals surface area (Å²) in [5.74, 6) is 1.04. The molecular weight excluding hydrogens is 472 g/mol. The van der Waals surface area contributed by atoms with Gasteiger partial charge >= 0.3 is 0 Å². The first-order chi connectivity index (χ1) is 16.3. The summed E-state index contributed by atoms with van der Waals surface area (Å²) < 4.78 is 36.5. The number of nitrogens with zero attached hydrogens (tertiary/aromatic N) is 5. The maximum atomic E-state index is 13.4. The molecule has 1 saturated heterocycles. The zero-order valence-electron chi connectivity index (χ0n) is 20.2. The Morgan fingerprint density at radius 2 is 1.85 bits per heavy atom. The lowest BCUT2D eigenvalue weighted by atomic mass is 10.1. The smallest absolute Gasteiger partial charge is 0.243 e. The predicted molar refractivity (Wildman–Crippen MR) is 135 cm³/mol. The number of rotatable bonds is 8. The minimum Gasteiger partial charge on any atom is -0.493 e. The molecule has 0 amide bonds. The molecule has 184 valence electrons. The molecule has 0 unspecified atom stereocenters. The number of hydrogen-bond donors (Lipinski definition) is 1. The number of aromatic nitrogens is 4. The van der Waals surface area contributed by atoms with Crippen molar-refractivity contribution in [2.24, 2.45) is 7.05 Å². The maximum absolute atomic E-state index is 13.4. The molecule has 0 spiro atoms. The van der Waals surface area contributed by atoms with Crippen LogP contribution in [0.3, 0.4) is 0 Å². The van der Waals surface area contributed by atoms with E-state index >= 15 is 0 Å². The van der Waals surface area contributed by atoms with E-state index in [-0.39, 0.29) is 4.90 Å². The highest BCUT2D eigenvalue weighted by molar-refractivity contribution is 7.89. The van der Waals surface area contributed by atoms with Gasteiger partial charge in [0.15, 0.2) is 4.64 Å². The van der Waals surface area contributed by atoms with E-state index in [0.29, 0.717) is 54.6 Å². The van der Waals surface area contributed by atoms with Gasteiger partial charge in [0.1, 0.15) is 17.1 Å². The van der Waals surface area contributed by atoms with Crippen LogP contribution in [0.25, 0.3) is 22.4 Å². The number of aromatic amines is 1. The summed E-state index contributed by atoms with van der Waals surface area (Å²) in [5.41, 5.74) is 3.07. The monoisotopic (exact) mass is 504 g/mol. The first-order valence-corrected chi connectivity index (χ1v) is 13.5. The highest BCUT2D eigenvalue weighted by atomic mass is 32.2. The Morgan fingerprint density at radius 3 is 2.53 bits per heavy atom. The molecule has 1 aromatic carbocycles. The highest BCUT2D eigenvalue weighted by Gasteiger charge is 2.28. The van der Waals surface area contributed by atoms with E-state index in [4.69, 9.17) is 17.0 Å². The van der Waals surface area contributed by atoms with Gasteiger partial charge < -0.3 is 14.6 Å². The van der Waals surface area contributed by atoms with E-state index in [1.807, 2.05) is 21.0 Å². The summed E-state index contributed by atoms with van der Waals surface area (Å²) in [6, 6.07) is 4.97. The third-order valence-corrected chi connectivity index (χ3v) is 8.21. The summed E-state index contributed by atoms with van der Waals surface area (Å²) >= 11 is 5.61. The molecule has 34 heavy (non-hydrogen) atoms. The fourth-order valence-corrected chi connectivity index (χ4v) is 5.94. The Balaban J connectivity index is 1.85. The number of hydrogen-bond acceptors (Lipinski definition) is 7. The van der Waals surface area contributed by atoms with Crippen molar-refractivity contribution in [3.63, 3.8) is 0 Å². The van der Waals surface area contributed by atoms with Crippen LogP contribution >= 0.6 is 12.2 Å². The summed E-state index contributed by atoms with van der Waals surface area (Å²) in [6.07, 6.45) is 2.56. The third-order valence-electron chi connectivity index (χ3n) is 6.03. The molecule has 0 bridgehead atoms. The average Bonchev–Trinajstić information content (AvgIpc) is 3.13. The van der Waals surface area contributed by atoms with E-state index in [9.17, 15) is 8.42 Å². The summed E-state index contributed by atoms with van der Waals surface area (Å²) in [7, 11) is 0.198. The zero-order chi connectivity index (χ0) is 24.5. The minimum atomic E-state index is -3.65. The number of piperazine rings is 1. The van der Waals surface area contributed by atoms with Crippen molar-refractivity contribution in [3.8, 4) is 17.1 Å². The fraction of sp³-hybridized carbons (Fsp3) is 0.522. The van der Waals surface area contributed by atoms with Crippen LogP contribution in [0.2, 0.25) is 0 Å². The highest BCUT2D eigenvalue weighted by Crippen LogP contribution is 2.33. The van der Waals surface area contributed by atoms with Gasteiger partial charge in [-0.25, -0.2) is 13.4 Å². The Bertz CT molecular complexity index is 1340. The number of sulfonamides is 1. The van der Waals surface area contributed by atoms with Crippen LogP contribution in [0, 0.1) is 4.64 Å². The van der Waals surface area contributed by atoms with Crippen molar-refractivity contribution in [2.45, 2.75) is 38.0 Å². The van der Waals surface area contributed by atoms with Gasteiger partial charge in [-0.05, 0) is 38.1 Å². The Labute approximate surface area is 205 Å². The fourth-order valence-electron chi connectivity index (χ4n) is 4.17. The van der Waals surface area contributed by atoms with E-state index in [1.54, 1.807) is 22.9 Å². The van der Waals surface area contributed by atoms with Crippen LogP contribution in [-0.2, 0) is 23.5 Å². The number of H-pyrrole nitrogens is 1. The molecule has 1 N–H and O–H groups in total. The van der Waals surface area contributed by atoms with Gasteiger partial charge in [0, 0.05) is 33.2 Å². The quantitative estimate of drug-likeness (QED) is 0.470. The van der Waals surface area contributed by atoms with Crippen molar-refractivity contribution < 1.29 is 13.2 Å². The van der Waals surface area contributed by atoms with Gasteiger partial charge in [-0.1, -0.05) is 32.5 Å². The number of aryl methyl sites for hydroxylation is 2. The number of fused-ring (bicyclic) bond motifs is 1. The average molecular weight is 505 g/mol. The Morgan fingerprint density at radius 1 is 1.12 bits per heavy atom. The van der Waals surface area contributed by atoms with Crippen molar-refractivity contribution in [3.05, 3.63) is 28.5 Å². The second-order valence-corrected chi connectivity index (χ2v) is 11.0. The summed E-state index contributed by atoms with van der Waals surface area (Å²) in [6.45, 7) is 6.97. The molecule has 11 heteroatoms. The van der Waals surface area contributed by atoms with Gasteiger partial charge in [-0.3, -0.25) is 4.68 Å². The minimum absolute atomic E-state index is 0.220. The predicted octanol–water partition coefficient (Wildman–Crippen LogP) is 3.37. The topological polar surface area (TPSA) is 96.3 Å². The van der Waals surface area contributed by atoms with Crippen LogP contribution < -0.4 is 4.74 Å². The lowest BCUT2D eigenvalue weighted by Crippen LogP contribution is -2.47. The standard InChI is InChI=1S/C23H32N6O3S2/c1-5-7-18-20-21(28(4)26-18)23(33)25-22(24-20)17-15-16(8-9-19(17)32-14-6-2)34(30,31)29-12-10-27(3)11-13-29/h8-9,15H,5-7,10-14H2,1-4H3,(H,24,25,33). The van der Waals surface area contributed by atoms with Crippen molar-refractivity contribution in [1.29, 1.82) is 0 Å². The summed E-state index contributed by atoms with van der Waals surface area (Å²) in [5, 5.41) is 4.61. The molecule has 1 fully saturated rings. The first-order valence-electron chi connectivity index (χ1n) is 11.7. The van der Waals surface area contributed by atoms with Crippen molar-refractivity contribution in [2.75, 3.05) is 39.8 Å². The van der Waals surface area contributed by atoms with Crippen LogP contribution in [0.15, 0.2) is 23.1 Å². The van der Waals surface area contributed by atoms with Crippen LogP contribution in [0.4, 0.5) is 0 Å². The molecule has 2 aromatic heterocycles. The second-order valence-electron chi connectivity index (χ2n) is 8.65. The SMILES string of the molecule is CCCOc1ccc(S(=O)(=O)N2CCN(C)CC2)cc1-c1nc(=S)c2c([nH]1)c(CCC)nn2C. The Kier molecular flexibility index (Phi) is 7.36. The lowest BCUT2D eigenvalue weighted by Gasteiger charge is -2.31. The summed E-state index contributed by atoms with van der Waals surface area (Å²) in [4.78, 5) is 10.4. The normalized spacial score (nSPS) is 15.8. The van der Waals surface area contributed by atoms with Gasteiger partial charge in [0.05, 0.1) is 28.3 Å². The van der Waals surface area contributed by atoms with Crippen LogP contribution in [0.5, 0.6) is 5.75 Å². The number of benzene rings is 1. The molecule has 1 aliphatic rings. The number of nitrogens with one attached hydrogen (secondary N) is 1. The molecule has 0 saturated carbocycles. The van der Waals surface area contributed by atoms with Crippen molar-refractivity contribution in [1.82, 2.24) is 29.0 Å². The molecule has 0 radical (unpaired) electrons. The van der Waals surface area contributed by atoms with E-state index < -0.39 is 10.0 Å². The molecule has 3 heterocycles. The number of likely N-dealkylation sites (N-methyl/N-ethyl adjacent to an activating group) is 1. The molecule has 1 aliphatic heterocycles. The van der Waals surface area contributed by atoms with E-state index in [1.165, 1.54) is 4.31 Å². The Hall–Kier alpha value is -2.34. The van der Waals surface area contributed by atoms with Gasteiger partial charge in [-0.15, -0.1) is 0 Å². The molecule has 4 rings (SSSR count). The zero-order valence-corrected chi connectivity index (χ0v) is 21.8. The van der Waals surface area contributed by atoms with E-state index in [0.717, 1.165) is 36.0 Å². The third kappa shape index (κ3) is 4.74. The molecular formula is C23H32N6O3S2. The maximum Gasteiger partial charge on any atom is 0.243 e. The van der Waals surface area contributed by atoms with Gasteiger partial charge in [0.25, 0.3) is 0 Å². The lowest BCUT2D eigenvalue weighted by molar-refractivity contribution is 0.222. The van der Waals surface area contributed by atoms with Crippen LogP contribution in [0.1, 0.15) is 32.4 Å². The van der Waals surface area contributed by atoms with Crippen molar-refractivity contribution >= 4 is 33.3 Å². The van der Waals surface area contributed by atoms with Crippen LogP contribution in [-0.4, -0.2) is 77.2 Å². The number of ether oxygens (including phenoxy) is 1.